The molecule has 5 heteroatoms. The molecule has 0 aromatic heterocycles. The Labute approximate surface area is 110 Å². The van der Waals surface area contributed by atoms with Crippen LogP contribution in [0.5, 0.6) is 5.75 Å². The third-order valence-electron chi connectivity index (χ3n) is 2.95. The van der Waals surface area contributed by atoms with Crippen LogP contribution in [0.25, 0.3) is 0 Å². The Bertz CT molecular complexity index is 547. The molecular weight excluding hydrogens is 248 g/mol. The Morgan fingerprint density at radius 2 is 2.00 bits per heavy atom. The van der Waals surface area contributed by atoms with Crippen molar-refractivity contribution in [1.29, 1.82) is 0 Å². The first-order chi connectivity index (χ1) is 8.99. The van der Waals surface area contributed by atoms with E-state index in [1.165, 1.54) is 13.8 Å². The molecule has 0 heterocycles. The molecule has 100 valence electrons. The molecule has 0 bridgehead atoms. The smallest absolute Gasteiger partial charge is 0.308 e. The van der Waals surface area contributed by atoms with Crippen molar-refractivity contribution in [3.63, 3.8) is 0 Å². The zero-order valence-electron chi connectivity index (χ0n) is 10.8. The fourth-order valence-corrected chi connectivity index (χ4v) is 2.25. The molecule has 1 aliphatic rings. The molecule has 2 rings (SSSR count). The molecule has 5 nitrogen and oxygen atoms in total. The van der Waals surface area contributed by atoms with Gasteiger partial charge in [-0.05, 0) is 6.07 Å². The van der Waals surface area contributed by atoms with E-state index in [1.807, 2.05) is 0 Å². The Kier molecular flexibility index (Phi) is 3.64. The maximum Gasteiger partial charge on any atom is 0.308 e. The molecule has 0 saturated heterocycles. The first-order valence-corrected chi connectivity index (χ1v) is 5.97. The van der Waals surface area contributed by atoms with Crippen molar-refractivity contribution in [3.05, 3.63) is 29.3 Å². The number of Topliss-reactive ketones (excluding diaryl/α,β-unsaturated/α-hetero) is 1. The largest absolute Gasteiger partial charge is 0.465 e. The summed E-state index contributed by atoms with van der Waals surface area (Å²) in [5.41, 5.74) is 1.19. The van der Waals surface area contributed by atoms with Crippen molar-refractivity contribution in [1.82, 2.24) is 0 Å². The summed E-state index contributed by atoms with van der Waals surface area (Å²) < 4.78 is 10.1. The molecule has 0 amide bonds. The molecule has 0 aliphatic heterocycles. The average molecular weight is 262 g/mol. The summed E-state index contributed by atoms with van der Waals surface area (Å²) in [4.78, 5) is 33.8. The molecule has 1 aromatic carbocycles. The third kappa shape index (κ3) is 2.81. The molecule has 0 spiro atoms. The second kappa shape index (κ2) is 5.22. The van der Waals surface area contributed by atoms with Gasteiger partial charge in [-0.1, -0.05) is 12.1 Å². The molecule has 0 radical (unpaired) electrons. The summed E-state index contributed by atoms with van der Waals surface area (Å²) in [6.07, 6.45) is 0.265. The van der Waals surface area contributed by atoms with Gasteiger partial charge in [-0.15, -0.1) is 0 Å². The zero-order chi connectivity index (χ0) is 14.0. The van der Waals surface area contributed by atoms with Crippen LogP contribution in [0.4, 0.5) is 0 Å². The van der Waals surface area contributed by atoms with Gasteiger partial charge in [-0.3, -0.25) is 14.4 Å². The van der Waals surface area contributed by atoms with E-state index in [-0.39, 0.29) is 24.7 Å². The Morgan fingerprint density at radius 3 is 2.63 bits per heavy atom. The Morgan fingerprint density at radius 1 is 1.26 bits per heavy atom. The number of carbonyl (C=O) groups is 3. The standard InChI is InChI=1S/C14H14O5/c1-8(15)18-7-10-6-12(17)11-4-3-5-13(14(10)11)19-9(2)16/h3-5,10H,6-7H2,1-2H3. The van der Waals surface area contributed by atoms with Gasteiger partial charge in [-0.25, -0.2) is 0 Å². The van der Waals surface area contributed by atoms with E-state index in [2.05, 4.69) is 0 Å². The normalized spacial score (nSPS) is 16.9. The molecule has 0 N–H and O–H groups in total. The van der Waals surface area contributed by atoms with E-state index in [0.29, 0.717) is 16.9 Å². The topological polar surface area (TPSA) is 69.7 Å². The van der Waals surface area contributed by atoms with Gasteiger partial charge in [0.2, 0.25) is 0 Å². The quantitative estimate of drug-likeness (QED) is 0.614. The van der Waals surface area contributed by atoms with Crippen LogP contribution in [-0.2, 0) is 14.3 Å². The third-order valence-corrected chi connectivity index (χ3v) is 2.95. The number of hydrogen-bond donors (Lipinski definition) is 0. The van der Waals surface area contributed by atoms with E-state index >= 15 is 0 Å². The van der Waals surface area contributed by atoms with Crippen LogP contribution in [0.1, 0.15) is 42.1 Å². The number of hydrogen-bond acceptors (Lipinski definition) is 5. The number of carbonyl (C=O) groups excluding carboxylic acids is 3. The number of ether oxygens (including phenoxy) is 2. The van der Waals surface area contributed by atoms with Gasteiger partial charge in [0.15, 0.2) is 5.78 Å². The van der Waals surface area contributed by atoms with Gasteiger partial charge < -0.3 is 9.47 Å². The van der Waals surface area contributed by atoms with Crippen LogP contribution in [0.2, 0.25) is 0 Å². The summed E-state index contributed by atoms with van der Waals surface area (Å²) in [6.45, 7) is 2.74. The predicted molar refractivity (Wildman–Crippen MR) is 66.1 cm³/mol. The highest BCUT2D eigenvalue weighted by Gasteiger charge is 2.33. The second-order valence-corrected chi connectivity index (χ2v) is 4.44. The molecule has 1 aromatic rings. The molecule has 0 fully saturated rings. The summed E-state index contributed by atoms with van der Waals surface area (Å²) >= 11 is 0. The van der Waals surface area contributed by atoms with Crippen LogP contribution in [-0.4, -0.2) is 24.3 Å². The molecule has 0 saturated carbocycles. The average Bonchev–Trinajstić information content (AvgIpc) is 2.64. The highest BCUT2D eigenvalue weighted by molar-refractivity contribution is 6.02. The maximum atomic E-state index is 11.9. The van der Waals surface area contributed by atoms with Gasteiger partial charge in [-0.2, -0.15) is 0 Å². The summed E-state index contributed by atoms with van der Waals surface area (Å²) in [5, 5.41) is 0. The molecule has 1 atom stereocenters. The van der Waals surface area contributed by atoms with Crippen molar-refractivity contribution in [2.24, 2.45) is 0 Å². The number of ketones is 1. The van der Waals surface area contributed by atoms with Crippen LogP contribution >= 0.6 is 0 Å². The minimum absolute atomic E-state index is 0.0267. The summed E-state index contributed by atoms with van der Waals surface area (Å²) in [5.74, 6) is -0.749. The number of esters is 2. The summed E-state index contributed by atoms with van der Waals surface area (Å²) in [7, 11) is 0. The fraction of sp³-hybridized carbons (Fsp3) is 0.357. The Balaban J connectivity index is 2.33. The van der Waals surface area contributed by atoms with Crippen LogP contribution < -0.4 is 4.74 Å². The van der Waals surface area contributed by atoms with E-state index in [9.17, 15) is 14.4 Å². The lowest BCUT2D eigenvalue weighted by Gasteiger charge is -2.14. The highest BCUT2D eigenvalue weighted by atomic mass is 16.5. The first-order valence-electron chi connectivity index (χ1n) is 5.97. The second-order valence-electron chi connectivity index (χ2n) is 4.44. The number of fused-ring (bicyclic) bond motifs is 1. The molecular formula is C14H14O5. The number of benzene rings is 1. The van der Waals surface area contributed by atoms with Crippen molar-refractivity contribution in [3.8, 4) is 5.75 Å². The van der Waals surface area contributed by atoms with Gasteiger partial charge in [0.1, 0.15) is 5.75 Å². The monoisotopic (exact) mass is 262 g/mol. The molecule has 1 unspecified atom stereocenters. The minimum atomic E-state index is -0.445. The number of rotatable bonds is 3. The van der Waals surface area contributed by atoms with Crippen molar-refractivity contribution >= 4 is 17.7 Å². The van der Waals surface area contributed by atoms with Gasteiger partial charge in [0, 0.05) is 37.3 Å². The first kappa shape index (κ1) is 13.3. The van der Waals surface area contributed by atoms with Gasteiger partial charge >= 0.3 is 11.9 Å². The van der Waals surface area contributed by atoms with Gasteiger partial charge in [0.25, 0.3) is 0 Å². The van der Waals surface area contributed by atoms with Crippen molar-refractivity contribution < 1.29 is 23.9 Å². The van der Waals surface area contributed by atoms with E-state index in [4.69, 9.17) is 9.47 Å². The van der Waals surface area contributed by atoms with Crippen LogP contribution in [0.3, 0.4) is 0 Å². The molecule has 19 heavy (non-hydrogen) atoms. The van der Waals surface area contributed by atoms with E-state index in [1.54, 1.807) is 18.2 Å². The van der Waals surface area contributed by atoms with E-state index in [0.717, 1.165) is 0 Å². The lowest BCUT2D eigenvalue weighted by atomic mass is 10.0. The fourth-order valence-electron chi connectivity index (χ4n) is 2.25. The van der Waals surface area contributed by atoms with Crippen LogP contribution in [0.15, 0.2) is 18.2 Å². The summed E-state index contributed by atoms with van der Waals surface area (Å²) in [6, 6.07) is 5.00. The maximum absolute atomic E-state index is 11.9. The highest BCUT2D eigenvalue weighted by Crippen LogP contribution is 2.39. The zero-order valence-corrected chi connectivity index (χ0v) is 10.8. The SMILES string of the molecule is CC(=O)OCC1CC(=O)c2cccc(OC(C)=O)c21. The molecule has 1 aliphatic carbocycles. The van der Waals surface area contributed by atoms with Crippen molar-refractivity contribution in [2.45, 2.75) is 26.2 Å². The van der Waals surface area contributed by atoms with Gasteiger partial charge in [0.05, 0.1) is 6.61 Å². The minimum Gasteiger partial charge on any atom is -0.465 e. The lowest BCUT2D eigenvalue weighted by Crippen LogP contribution is -2.11. The predicted octanol–water partition coefficient (Wildman–Crippen LogP) is 1.84. The lowest BCUT2D eigenvalue weighted by molar-refractivity contribution is -0.141. The Hall–Kier alpha value is -2.17. The van der Waals surface area contributed by atoms with E-state index < -0.39 is 11.9 Å². The van der Waals surface area contributed by atoms with Crippen molar-refractivity contribution in [2.75, 3.05) is 6.61 Å². The van der Waals surface area contributed by atoms with Crippen LogP contribution in [0, 0.1) is 0 Å².